The van der Waals surface area contributed by atoms with E-state index < -0.39 is 12.8 Å². The van der Waals surface area contributed by atoms with Crippen LogP contribution in [0.3, 0.4) is 0 Å². The molecule has 0 amide bonds. The van der Waals surface area contributed by atoms with Gasteiger partial charge in [-0.1, -0.05) is 6.92 Å². The van der Waals surface area contributed by atoms with Crippen LogP contribution >= 0.6 is 0 Å². The Kier molecular flexibility index (Phi) is 5.49. The van der Waals surface area contributed by atoms with Crippen LogP contribution in [0.1, 0.15) is 24.9 Å². The Balaban J connectivity index is 2.49. The van der Waals surface area contributed by atoms with Gasteiger partial charge in [-0.05, 0) is 12.5 Å². The van der Waals surface area contributed by atoms with Gasteiger partial charge in [-0.2, -0.15) is 13.2 Å². The number of nitrogens with zero attached hydrogens (tertiary/aromatic N) is 2. The van der Waals surface area contributed by atoms with Gasteiger partial charge in [0.15, 0.2) is 5.82 Å². The predicted octanol–water partition coefficient (Wildman–Crippen LogP) is 1.84. The quantitative estimate of drug-likeness (QED) is 0.850. The Labute approximate surface area is 103 Å². The SMILES string of the molecule is CCC(N)Cc1ccnc(COCC(F)(F)F)n1. The highest BCUT2D eigenvalue weighted by Gasteiger charge is 2.27. The highest BCUT2D eigenvalue weighted by atomic mass is 19.4. The van der Waals surface area contributed by atoms with Gasteiger partial charge in [-0.15, -0.1) is 0 Å². The number of alkyl halides is 3. The lowest BCUT2D eigenvalue weighted by molar-refractivity contribution is -0.177. The number of nitrogens with two attached hydrogens (primary N) is 1. The van der Waals surface area contributed by atoms with Gasteiger partial charge in [0, 0.05) is 24.4 Å². The fraction of sp³-hybridized carbons (Fsp3) is 0.636. The Hall–Kier alpha value is -1.21. The molecule has 102 valence electrons. The number of ether oxygens (including phenoxy) is 1. The van der Waals surface area contributed by atoms with Crippen molar-refractivity contribution in [1.29, 1.82) is 0 Å². The van der Waals surface area contributed by atoms with Crippen molar-refractivity contribution in [1.82, 2.24) is 9.97 Å². The van der Waals surface area contributed by atoms with Crippen LogP contribution in [-0.2, 0) is 17.8 Å². The molecule has 0 bridgehead atoms. The third-order valence-corrected chi connectivity index (χ3v) is 2.26. The molecule has 1 heterocycles. The van der Waals surface area contributed by atoms with E-state index in [-0.39, 0.29) is 18.5 Å². The van der Waals surface area contributed by atoms with E-state index in [9.17, 15) is 13.2 Å². The number of hydrogen-bond donors (Lipinski definition) is 1. The average molecular weight is 263 g/mol. The minimum atomic E-state index is -4.33. The molecule has 7 heteroatoms. The molecule has 0 aliphatic rings. The van der Waals surface area contributed by atoms with Crippen LogP contribution in [0, 0.1) is 0 Å². The molecule has 0 spiro atoms. The molecule has 1 aromatic rings. The summed E-state index contributed by atoms with van der Waals surface area (Å²) in [4.78, 5) is 7.94. The van der Waals surface area contributed by atoms with Gasteiger partial charge in [0.25, 0.3) is 0 Å². The molecular formula is C11H16F3N3O. The molecule has 0 saturated heterocycles. The molecule has 4 nitrogen and oxygen atoms in total. The first kappa shape index (κ1) is 14.8. The van der Waals surface area contributed by atoms with Crippen LogP contribution in [-0.4, -0.2) is 28.8 Å². The largest absolute Gasteiger partial charge is 0.411 e. The van der Waals surface area contributed by atoms with Crippen molar-refractivity contribution < 1.29 is 17.9 Å². The van der Waals surface area contributed by atoms with Crippen molar-refractivity contribution in [2.75, 3.05) is 6.61 Å². The lowest BCUT2D eigenvalue weighted by Gasteiger charge is -2.09. The molecule has 0 fully saturated rings. The standard InChI is InChI=1S/C11H16F3N3O/c1-2-8(15)5-9-3-4-16-10(17-9)6-18-7-11(12,13)14/h3-4,8H,2,5-7,15H2,1H3. The molecule has 0 aliphatic carbocycles. The van der Waals surface area contributed by atoms with E-state index in [4.69, 9.17) is 5.73 Å². The fourth-order valence-electron chi connectivity index (χ4n) is 1.30. The van der Waals surface area contributed by atoms with Crippen molar-refractivity contribution in [3.05, 3.63) is 23.8 Å². The molecule has 0 aromatic carbocycles. The van der Waals surface area contributed by atoms with Crippen molar-refractivity contribution in [3.8, 4) is 0 Å². The zero-order valence-corrected chi connectivity index (χ0v) is 10.1. The second-order valence-electron chi connectivity index (χ2n) is 3.94. The van der Waals surface area contributed by atoms with Crippen LogP contribution in [0.25, 0.3) is 0 Å². The summed E-state index contributed by atoms with van der Waals surface area (Å²) in [5.41, 5.74) is 6.48. The van der Waals surface area contributed by atoms with Gasteiger partial charge >= 0.3 is 6.18 Å². The smallest absolute Gasteiger partial charge is 0.364 e. The summed E-state index contributed by atoms with van der Waals surface area (Å²) in [6.45, 7) is 0.406. The average Bonchev–Trinajstić information content (AvgIpc) is 2.27. The van der Waals surface area contributed by atoms with Crippen molar-refractivity contribution in [2.45, 2.75) is 38.6 Å². The first-order valence-electron chi connectivity index (χ1n) is 5.61. The summed E-state index contributed by atoms with van der Waals surface area (Å²) < 4.78 is 40.1. The third kappa shape index (κ3) is 5.92. The molecule has 2 N–H and O–H groups in total. The maximum absolute atomic E-state index is 11.9. The molecule has 1 unspecified atom stereocenters. The molecule has 1 rings (SSSR count). The molecular weight excluding hydrogens is 247 g/mol. The van der Waals surface area contributed by atoms with Crippen molar-refractivity contribution in [3.63, 3.8) is 0 Å². The van der Waals surface area contributed by atoms with Crippen LogP contribution in [0.2, 0.25) is 0 Å². The highest BCUT2D eigenvalue weighted by Crippen LogP contribution is 2.15. The van der Waals surface area contributed by atoms with Crippen LogP contribution < -0.4 is 5.73 Å². The summed E-state index contributed by atoms with van der Waals surface area (Å²) in [5.74, 6) is 0.236. The second kappa shape index (κ2) is 6.65. The van der Waals surface area contributed by atoms with E-state index in [1.54, 1.807) is 6.07 Å². The minimum absolute atomic E-state index is 0.0103. The van der Waals surface area contributed by atoms with E-state index in [1.807, 2.05) is 6.92 Å². The summed E-state index contributed by atoms with van der Waals surface area (Å²) in [6, 6.07) is 1.69. The van der Waals surface area contributed by atoms with E-state index >= 15 is 0 Å². The normalized spacial score (nSPS) is 13.6. The summed E-state index contributed by atoms with van der Waals surface area (Å²) in [6.07, 6.45) is -1.45. The molecule has 0 saturated carbocycles. The first-order chi connectivity index (χ1) is 8.40. The van der Waals surface area contributed by atoms with E-state index in [2.05, 4.69) is 14.7 Å². The summed E-state index contributed by atoms with van der Waals surface area (Å²) >= 11 is 0. The number of aromatic nitrogens is 2. The predicted molar refractivity (Wildman–Crippen MR) is 59.7 cm³/mol. The van der Waals surface area contributed by atoms with Gasteiger partial charge < -0.3 is 10.5 Å². The summed E-state index contributed by atoms with van der Waals surface area (Å²) in [5, 5.41) is 0. The first-order valence-corrected chi connectivity index (χ1v) is 5.61. The van der Waals surface area contributed by atoms with E-state index in [0.29, 0.717) is 12.1 Å². The van der Waals surface area contributed by atoms with Crippen molar-refractivity contribution in [2.24, 2.45) is 5.73 Å². The fourth-order valence-corrected chi connectivity index (χ4v) is 1.30. The van der Waals surface area contributed by atoms with Gasteiger partial charge in [0.05, 0.1) is 0 Å². The number of rotatable bonds is 6. The minimum Gasteiger partial charge on any atom is -0.364 e. The maximum atomic E-state index is 11.9. The van der Waals surface area contributed by atoms with Crippen molar-refractivity contribution >= 4 is 0 Å². The summed E-state index contributed by atoms with van der Waals surface area (Å²) in [7, 11) is 0. The van der Waals surface area contributed by atoms with Crippen LogP contribution in [0.15, 0.2) is 12.3 Å². The lowest BCUT2D eigenvalue weighted by Crippen LogP contribution is -2.22. The van der Waals surface area contributed by atoms with E-state index in [1.165, 1.54) is 6.20 Å². The van der Waals surface area contributed by atoms with Gasteiger partial charge in [0.1, 0.15) is 13.2 Å². The molecule has 1 aromatic heterocycles. The molecule has 1 atom stereocenters. The maximum Gasteiger partial charge on any atom is 0.411 e. The lowest BCUT2D eigenvalue weighted by atomic mass is 10.1. The second-order valence-corrected chi connectivity index (χ2v) is 3.94. The zero-order chi connectivity index (χ0) is 13.6. The monoisotopic (exact) mass is 263 g/mol. The van der Waals surface area contributed by atoms with Gasteiger partial charge in [-0.3, -0.25) is 0 Å². The molecule has 0 radical (unpaired) electrons. The van der Waals surface area contributed by atoms with Gasteiger partial charge in [-0.25, -0.2) is 9.97 Å². The Bertz CT molecular complexity index is 371. The topological polar surface area (TPSA) is 61.0 Å². The molecule has 18 heavy (non-hydrogen) atoms. The number of hydrogen-bond acceptors (Lipinski definition) is 4. The Morgan fingerprint density at radius 3 is 2.78 bits per heavy atom. The Morgan fingerprint density at radius 1 is 1.44 bits per heavy atom. The Morgan fingerprint density at radius 2 is 2.17 bits per heavy atom. The highest BCUT2D eigenvalue weighted by molar-refractivity contribution is 5.03. The van der Waals surface area contributed by atoms with Crippen LogP contribution in [0.5, 0.6) is 0 Å². The van der Waals surface area contributed by atoms with E-state index in [0.717, 1.165) is 6.42 Å². The third-order valence-electron chi connectivity index (χ3n) is 2.26. The van der Waals surface area contributed by atoms with Gasteiger partial charge in [0.2, 0.25) is 0 Å². The zero-order valence-electron chi connectivity index (χ0n) is 10.1. The number of halogens is 3. The molecule has 0 aliphatic heterocycles. The van der Waals surface area contributed by atoms with Crippen LogP contribution in [0.4, 0.5) is 13.2 Å².